The summed E-state index contributed by atoms with van der Waals surface area (Å²) in [5, 5.41) is 11.3. The van der Waals surface area contributed by atoms with E-state index in [9.17, 15) is 9.59 Å². The van der Waals surface area contributed by atoms with Crippen LogP contribution in [0.15, 0.2) is 0 Å². The molecular weight excluding hydrogens is 184 g/mol. The zero-order chi connectivity index (χ0) is 10.6. The van der Waals surface area contributed by atoms with Crippen molar-refractivity contribution >= 4 is 11.8 Å². The van der Waals surface area contributed by atoms with Crippen LogP contribution in [0.2, 0.25) is 0 Å². The van der Waals surface area contributed by atoms with Gasteiger partial charge in [0.15, 0.2) is 0 Å². The van der Waals surface area contributed by atoms with Crippen molar-refractivity contribution in [3.63, 3.8) is 0 Å². The van der Waals surface area contributed by atoms with E-state index in [1.165, 1.54) is 0 Å². The quantitative estimate of drug-likeness (QED) is 0.618. The second kappa shape index (κ2) is 4.95. The molecule has 0 aliphatic carbocycles. The first-order valence-electron chi connectivity index (χ1n) is 4.88. The van der Waals surface area contributed by atoms with Gasteiger partial charge < -0.3 is 15.3 Å². The van der Waals surface area contributed by atoms with Gasteiger partial charge in [0, 0.05) is 19.5 Å². The molecule has 1 heterocycles. The standard InChI is InChI=1S/C9H16N2O3/c1-2-11(5-6-12)9(14)7-3-4-8(13)10-7/h7,12H,2-6H2,1H3,(H,10,13). The van der Waals surface area contributed by atoms with E-state index in [-0.39, 0.29) is 24.5 Å². The molecule has 0 spiro atoms. The number of rotatable bonds is 4. The summed E-state index contributed by atoms with van der Waals surface area (Å²) in [4.78, 5) is 24.2. The highest BCUT2D eigenvalue weighted by atomic mass is 16.3. The normalized spacial score (nSPS) is 20.7. The van der Waals surface area contributed by atoms with E-state index in [1.54, 1.807) is 4.90 Å². The molecule has 0 aromatic rings. The highest BCUT2D eigenvalue weighted by molar-refractivity contribution is 5.90. The fraction of sp³-hybridized carbons (Fsp3) is 0.778. The van der Waals surface area contributed by atoms with Crippen LogP contribution < -0.4 is 5.32 Å². The molecule has 0 saturated carbocycles. The molecule has 5 heteroatoms. The van der Waals surface area contributed by atoms with Crippen LogP contribution >= 0.6 is 0 Å². The van der Waals surface area contributed by atoms with Gasteiger partial charge in [-0.05, 0) is 13.3 Å². The highest BCUT2D eigenvalue weighted by Gasteiger charge is 2.29. The Morgan fingerprint density at radius 3 is 2.86 bits per heavy atom. The van der Waals surface area contributed by atoms with Crippen LogP contribution in [0, 0.1) is 0 Å². The molecular formula is C9H16N2O3. The second-order valence-electron chi connectivity index (χ2n) is 3.30. The van der Waals surface area contributed by atoms with Gasteiger partial charge in [0.1, 0.15) is 6.04 Å². The summed E-state index contributed by atoms with van der Waals surface area (Å²) in [5.74, 6) is -0.157. The minimum absolute atomic E-state index is 0.0414. The number of aliphatic hydroxyl groups excluding tert-OH is 1. The molecule has 80 valence electrons. The van der Waals surface area contributed by atoms with Crippen molar-refractivity contribution in [2.75, 3.05) is 19.7 Å². The lowest BCUT2D eigenvalue weighted by atomic mass is 10.2. The van der Waals surface area contributed by atoms with E-state index < -0.39 is 0 Å². The van der Waals surface area contributed by atoms with E-state index in [2.05, 4.69) is 5.32 Å². The average Bonchev–Trinajstić information content (AvgIpc) is 2.60. The smallest absolute Gasteiger partial charge is 0.245 e. The van der Waals surface area contributed by atoms with Gasteiger partial charge in [-0.25, -0.2) is 0 Å². The topological polar surface area (TPSA) is 69.6 Å². The Morgan fingerprint density at radius 2 is 2.43 bits per heavy atom. The minimum Gasteiger partial charge on any atom is -0.395 e. The highest BCUT2D eigenvalue weighted by Crippen LogP contribution is 2.09. The molecule has 5 nitrogen and oxygen atoms in total. The number of nitrogens with zero attached hydrogens (tertiary/aromatic N) is 1. The summed E-state index contributed by atoms with van der Waals surface area (Å²) in [6, 6.07) is -0.381. The zero-order valence-electron chi connectivity index (χ0n) is 8.32. The molecule has 2 amide bonds. The molecule has 1 aliphatic rings. The predicted octanol–water partition coefficient (Wildman–Crippen LogP) is -0.894. The maximum atomic E-state index is 11.7. The van der Waals surface area contributed by atoms with E-state index in [1.807, 2.05) is 6.92 Å². The summed E-state index contributed by atoms with van der Waals surface area (Å²) >= 11 is 0. The third kappa shape index (κ3) is 2.45. The minimum atomic E-state index is -0.381. The molecule has 0 aromatic heterocycles. The molecule has 1 saturated heterocycles. The molecule has 0 bridgehead atoms. The van der Waals surface area contributed by atoms with Crippen LogP contribution in [-0.2, 0) is 9.59 Å². The van der Waals surface area contributed by atoms with Crippen molar-refractivity contribution in [1.82, 2.24) is 10.2 Å². The summed E-state index contributed by atoms with van der Waals surface area (Å²) in [7, 11) is 0. The van der Waals surface area contributed by atoms with E-state index in [0.717, 1.165) is 0 Å². The fourth-order valence-electron chi connectivity index (χ4n) is 1.56. The maximum absolute atomic E-state index is 11.7. The third-order valence-electron chi connectivity index (χ3n) is 2.36. The van der Waals surface area contributed by atoms with E-state index in [0.29, 0.717) is 25.9 Å². The molecule has 0 aromatic carbocycles. The molecule has 0 radical (unpaired) electrons. The predicted molar refractivity (Wildman–Crippen MR) is 50.5 cm³/mol. The first-order chi connectivity index (χ1) is 6.69. The molecule has 1 unspecified atom stereocenters. The van der Waals surface area contributed by atoms with Crippen molar-refractivity contribution in [2.45, 2.75) is 25.8 Å². The lowest BCUT2D eigenvalue weighted by Crippen LogP contribution is -2.45. The van der Waals surface area contributed by atoms with Crippen LogP contribution in [-0.4, -0.2) is 47.6 Å². The van der Waals surface area contributed by atoms with Crippen LogP contribution in [0.1, 0.15) is 19.8 Å². The van der Waals surface area contributed by atoms with Crippen LogP contribution in [0.3, 0.4) is 0 Å². The number of likely N-dealkylation sites (N-methyl/N-ethyl adjacent to an activating group) is 1. The number of nitrogens with one attached hydrogen (secondary N) is 1. The first kappa shape index (κ1) is 11.0. The Labute approximate surface area is 83.1 Å². The third-order valence-corrected chi connectivity index (χ3v) is 2.36. The number of hydrogen-bond donors (Lipinski definition) is 2. The summed E-state index contributed by atoms with van der Waals surface area (Å²) in [6.45, 7) is 2.71. The van der Waals surface area contributed by atoms with Gasteiger partial charge in [-0.1, -0.05) is 0 Å². The lowest BCUT2D eigenvalue weighted by molar-refractivity contribution is -0.134. The molecule has 2 N–H and O–H groups in total. The molecule has 1 fully saturated rings. The second-order valence-corrected chi connectivity index (χ2v) is 3.30. The Bertz CT molecular complexity index is 230. The average molecular weight is 200 g/mol. The summed E-state index contributed by atoms with van der Waals surface area (Å²) in [5.41, 5.74) is 0. The van der Waals surface area contributed by atoms with Gasteiger partial charge in [0.2, 0.25) is 11.8 Å². The molecule has 14 heavy (non-hydrogen) atoms. The van der Waals surface area contributed by atoms with Crippen molar-refractivity contribution in [1.29, 1.82) is 0 Å². The first-order valence-corrected chi connectivity index (χ1v) is 4.88. The summed E-state index contributed by atoms with van der Waals surface area (Å²) < 4.78 is 0. The van der Waals surface area contributed by atoms with Crippen molar-refractivity contribution in [2.24, 2.45) is 0 Å². The van der Waals surface area contributed by atoms with Gasteiger partial charge in [-0.2, -0.15) is 0 Å². The number of carbonyl (C=O) groups is 2. The van der Waals surface area contributed by atoms with Gasteiger partial charge in [0.25, 0.3) is 0 Å². The number of hydrogen-bond acceptors (Lipinski definition) is 3. The van der Waals surface area contributed by atoms with Crippen molar-refractivity contribution in [3.8, 4) is 0 Å². The van der Waals surface area contributed by atoms with Gasteiger partial charge in [-0.3, -0.25) is 9.59 Å². The molecule has 1 rings (SSSR count). The van der Waals surface area contributed by atoms with Gasteiger partial charge in [0.05, 0.1) is 6.61 Å². The number of aliphatic hydroxyl groups is 1. The lowest BCUT2D eigenvalue weighted by Gasteiger charge is -2.22. The Hall–Kier alpha value is -1.10. The zero-order valence-corrected chi connectivity index (χ0v) is 8.32. The van der Waals surface area contributed by atoms with Crippen molar-refractivity contribution in [3.05, 3.63) is 0 Å². The summed E-state index contributed by atoms with van der Waals surface area (Å²) in [6.07, 6.45) is 0.993. The largest absolute Gasteiger partial charge is 0.395 e. The van der Waals surface area contributed by atoms with Crippen LogP contribution in [0.25, 0.3) is 0 Å². The Kier molecular flexibility index (Phi) is 3.88. The van der Waals surface area contributed by atoms with Crippen LogP contribution in [0.4, 0.5) is 0 Å². The van der Waals surface area contributed by atoms with Gasteiger partial charge >= 0.3 is 0 Å². The maximum Gasteiger partial charge on any atom is 0.245 e. The Balaban J connectivity index is 2.49. The van der Waals surface area contributed by atoms with Crippen LogP contribution in [0.5, 0.6) is 0 Å². The molecule has 1 atom stereocenters. The van der Waals surface area contributed by atoms with Crippen molar-refractivity contribution < 1.29 is 14.7 Å². The van der Waals surface area contributed by atoms with Gasteiger partial charge in [-0.15, -0.1) is 0 Å². The Morgan fingerprint density at radius 1 is 1.71 bits per heavy atom. The van der Waals surface area contributed by atoms with E-state index >= 15 is 0 Å². The monoisotopic (exact) mass is 200 g/mol. The van der Waals surface area contributed by atoms with E-state index in [4.69, 9.17) is 5.11 Å². The fourth-order valence-corrected chi connectivity index (χ4v) is 1.56. The number of carbonyl (C=O) groups excluding carboxylic acids is 2. The molecule has 1 aliphatic heterocycles. The number of amides is 2. The SMILES string of the molecule is CCN(CCO)C(=O)C1CCC(=O)N1.